The number of rotatable bonds is 7. The van der Waals surface area contributed by atoms with Crippen molar-refractivity contribution in [1.82, 2.24) is 29.6 Å². The quantitative estimate of drug-likeness (QED) is 0.297. The molecule has 0 saturated carbocycles. The van der Waals surface area contributed by atoms with Gasteiger partial charge in [0.15, 0.2) is 0 Å². The van der Waals surface area contributed by atoms with E-state index in [4.69, 9.17) is 27.2 Å². The van der Waals surface area contributed by atoms with Crippen LogP contribution in [0.4, 0.5) is 5.58 Å². The van der Waals surface area contributed by atoms with E-state index >= 15 is 0 Å². The van der Waals surface area contributed by atoms with Gasteiger partial charge in [-0.25, -0.2) is 0 Å². The zero-order valence-corrected chi connectivity index (χ0v) is 23.8. The van der Waals surface area contributed by atoms with Gasteiger partial charge in [-0.2, -0.15) is 0 Å². The fourth-order valence-electron chi connectivity index (χ4n) is 4.80. The second-order valence-electron chi connectivity index (χ2n) is 9.65. The van der Waals surface area contributed by atoms with Crippen molar-refractivity contribution in [3.63, 3.8) is 0 Å². The van der Waals surface area contributed by atoms with Crippen LogP contribution in [-0.2, 0) is 0 Å². The van der Waals surface area contributed by atoms with Crippen molar-refractivity contribution in [2.45, 2.75) is 26.8 Å². The Labute approximate surface area is 238 Å². The molecule has 1 unspecified atom stereocenters. The fourth-order valence-corrected chi connectivity index (χ4v) is 5.02. The summed E-state index contributed by atoms with van der Waals surface area (Å²) in [7, 11) is 3.39. The normalized spacial score (nSPS) is 11.8. The Morgan fingerprint density at radius 1 is 1.20 bits per heavy atom. The molecule has 0 radical (unpaired) electrons. The number of hydrogen-bond acceptors (Lipinski definition) is 7. The van der Waals surface area contributed by atoms with Crippen molar-refractivity contribution in [2.24, 2.45) is 0 Å². The van der Waals surface area contributed by atoms with Gasteiger partial charge < -0.3 is 4.90 Å². The summed E-state index contributed by atoms with van der Waals surface area (Å²) in [5, 5.41) is 6.08. The Bertz CT molecular complexity index is 1720. The number of fused-ring (bicyclic) bond motifs is 1. The van der Waals surface area contributed by atoms with Crippen LogP contribution in [0.25, 0.3) is 33.4 Å². The topological polar surface area (TPSA) is 112 Å². The summed E-state index contributed by atoms with van der Waals surface area (Å²) >= 11 is 6.80. The zero-order chi connectivity index (χ0) is 28.6. The number of halogens is 1. The van der Waals surface area contributed by atoms with E-state index in [1.165, 1.54) is 11.2 Å². The van der Waals surface area contributed by atoms with Crippen molar-refractivity contribution in [1.29, 1.82) is 0 Å². The van der Waals surface area contributed by atoms with Crippen LogP contribution in [0.15, 0.2) is 55.0 Å². The van der Waals surface area contributed by atoms with Gasteiger partial charge in [0.2, 0.25) is 0 Å². The van der Waals surface area contributed by atoms with Crippen LogP contribution in [-0.4, -0.2) is 63.2 Å². The minimum absolute atomic E-state index is 0.169. The number of nitrogens with two attached hydrogens (primary N) is 1. The first kappa shape index (κ1) is 27.3. The molecule has 2 N–H and O–H groups in total. The molecular formula is C29H29BClN7O2. The second kappa shape index (κ2) is 11.1. The van der Waals surface area contributed by atoms with Gasteiger partial charge >= 0.3 is 192 Å². The molecule has 0 spiro atoms. The number of pyridine rings is 1. The molecule has 1 aromatic carbocycles. The van der Waals surface area contributed by atoms with E-state index in [9.17, 15) is 4.79 Å². The summed E-state index contributed by atoms with van der Waals surface area (Å²) in [4.78, 5) is 27.4. The summed E-state index contributed by atoms with van der Waals surface area (Å²) in [6.45, 7) is 8.19. The molecule has 0 fully saturated rings. The molecule has 0 aliphatic rings. The standard InChI is InChI=1S/C29H29BClN7O2/c1-6-40-26-20(12-22(31)16(2)24(26)18-9-10-23(33-13-18)29(39)37(4)5)17(3)38-28-21(14-36-38)25(34-15-35-28)19-8-7-11-30-27(19)32/h7-15,17H,6,32H2,1-5H3. The molecule has 202 valence electrons. The third-order valence-electron chi connectivity index (χ3n) is 6.89. The number of amides is 1. The van der Waals surface area contributed by atoms with Gasteiger partial charge in [0.25, 0.3) is 5.91 Å². The van der Waals surface area contributed by atoms with E-state index in [2.05, 4.69) is 15.0 Å². The summed E-state index contributed by atoms with van der Waals surface area (Å²) in [6.07, 6.45) is 4.96. The molecule has 1 atom stereocenters. The van der Waals surface area contributed by atoms with Crippen molar-refractivity contribution in [3.8, 4) is 28.1 Å². The summed E-state index contributed by atoms with van der Waals surface area (Å²) in [6, 6.07) is 9.06. The average molecular weight is 554 g/mol. The maximum absolute atomic E-state index is 12.4. The monoisotopic (exact) mass is 553 g/mol. The Morgan fingerprint density at radius 3 is 2.67 bits per heavy atom. The van der Waals surface area contributed by atoms with Crippen LogP contribution >= 0.6 is 11.6 Å². The molecule has 0 aliphatic carbocycles. The van der Waals surface area contributed by atoms with Gasteiger partial charge in [-0.3, -0.25) is 9.78 Å². The molecule has 9 nitrogen and oxygen atoms in total. The van der Waals surface area contributed by atoms with E-state index in [1.807, 2.05) is 62.6 Å². The van der Waals surface area contributed by atoms with Crippen molar-refractivity contribution in [3.05, 3.63) is 76.9 Å². The van der Waals surface area contributed by atoms with Crippen LogP contribution in [0.2, 0.25) is 5.02 Å². The third-order valence-corrected chi connectivity index (χ3v) is 7.29. The number of carbonyl (C=O) groups is 1. The molecule has 0 saturated heterocycles. The maximum atomic E-state index is 12.4. The van der Waals surface area contributed by atoms with E-state index in [0.717, 1.165) is 33.2 Å². The van der Waals surface area contributed by atoms with Crippen LogP contribution < -0.4 is 10.5 Å². The zero-order valence-electron chi connectivity index (χ0n) is 23.0. The Morgan fingerprint density at radius 2 is 2.00 bits per heavy atom. The predicted molar refractivity (Wildman–Crippen MR) is 159 cm³/mol. The van der Waals surface area contributed by atoms with E-state index in [1.54, 1.807) is 32.6 Å². The van der Waals surface area contributed by atoms with Crippen LogP contribution in [0.3, 0.4) is 0 Å². The van der Waals surface area contributed by atoms with Crippen molar-refractivity contribution < 1.29 is 9.53 Å². The molecular weight excluding hydrogens is 525 g/mol. The van der Waals surface area contributed by atoms with Crippen LogP contribution in [0, 0.1) is 6.92 Å². The number of hydrogen-bond donors (Lipinski definition) is 1. The van der Waals surface area contributed by atoms with Gasteiger partial charge in [0.05, 0.1) is 0 Å². The predicted octanol–water partition coefficient (Wildman–Crippen LogP) is 5.15. The molecule has 4 heterocycles. The smallest absolute Gasteiger partial charge is 0.343 e. The van der Waals surface area contributed by atoms with E-state index in [0.29, 0.717) is 40.0 Å². The molecule has 1 amide bonds. The number of carbonyl (C=O) groups excluding carboxylic acids is 1. The Balaban J connectivity index is 1.65. The SMILES string of the molecule is CCOc1c(C(C)n2ncc3c(-c4cccbc4N)ncnc32)cc(Cl)c(C)c1-c1ccc(C(=O)N(C)C)nc1. The Hall–Kier alpha value is -4.31. The first-order chi connectivity index (χ1) is 19.2. The molecule has 0 bridgehead atoms. The fraction of sp³-hybridized carbons (Fsp3) is 0.241. The van der Waals surface area contributed by atoms with Crippen molar-refractivity contribution >= 4 is 41.0 Å². The van der Waals surface area contributed by atoms with Crippen LogP contribution in [0.1, 0.15) is 41.5 Å². The van der Waals surface area contributed by atoms with Gasteiger partial charge in [0, 0.05) is 14.1 Å². The van der Waals surface area contributed by atoms with Crippen molar-refractivity contribution in [2.75, 3.05) is 26.4 Å². The Kier molecular flexibility index (Phi) is 7.54. The van der Waals surface area contributed by atoms with Crippen LogP contribution in [0.5, 0.6) is 5.75 Å². The van der Waals surface area contributed by atoms with Gasteiger partial charge in [-0.05, 0) is 6.07 Å². The molecule has 4 aromatic heterocycles. The first-order valence-corrected chi connectivity index (χ1v) is 13.3. The number of nitrogen functional groups attached to an aromatic ring is 1. The van der Waals surface area contributed by atoms with E-state index in [-0.39, 0.29) is 11.9 Å². The van der Waals surface area contributed by atoms with Gasteiger partial charge in [-0.15, -0.1) is 0 Å². The molecule has 11 heteroatoms. The minimum Gasteiger partial charge on any atom is -0.343 e. The second-order valence-corrected chi connectivity index (χ2v) is 10.1. The summed E-state index contributed by atoms with van der Waals surface area (Å²) in [5.41, 5.74) is 12.7. The average Bonchev–Trinajstić information content (AvgIpc) is 3.39. The first-order valence-electron chi connectivity index (χ1n) is 12.9. The molecule has 5 aromatic rings. The molecule has 40 heavy (non-hydrogen) atoms. The number of nitrogens with zero attached hydrogens (tertiary/aromatic N) is 6. The summed E-state index contributed by atoms with van der Waals surface area (Å²) < 4.78 is 8.10. The molecule has 5 rings (SSSR count). The minimum atomic E-state index is -0.297. The number of aromatic nitrogens is 5. The van der Waals surface area contributed by atoms with Gasteiger partial charge in [-0.1, -0.05) is 0 Å². The van der Waals surface area contributed by atoms with Gasteiger partial charge in [0.1, 0.15) is 5.69 Å². The molecule has 0 aliphatic heterocycles. The summed E-state index contributed by atoms with van der Waals surface area (Å²) in [5.74, 6) is 2.40. The third kappa shape index (κ3) is 4.79. The number of ether oxygens (including phenoxy) is 1. The van der Waals surface area contributed by atoms with E-state index < -0.39 is 0 Å². The number of anilines is 1. The number of benzene rings is 1.